The van der Waals surface area contributed by atoms with Gasteiger partial charge in [-0.25, -0.2) is 4.79 Å². The van der Waals surface area contributed by atoms with Crippen molar-refractivity contribution in [1.29, 1.82) is 0 Å². The molecule has 0 saturated heterocycles. The standard InChI is InChI=1S/C16H18Br2N2O4/c1-3-9-6-10(17)7-12(18)13(9)19-14-11(16(23)24-2)8-20(4-5-21)15(14)22/h6-7,19,21H,3-5,8H2,1-2H3. The maximum atomic E-state index is 12.6. The molecular formula is C16H18Br2N2O4. The number of esters is 1. The minimum Gasteiger partial charge on any atom is -0.466 e. The number of hydrogen-bond acceptors (Lipinski definition) is 5. The number of nitrogens with one attached hydrogen (secondary N) is 1. The first kappa shape index (κ1) is 19.0. The molecule has 2 N–H and O–H groups in total. The fraction of sp³-hybridized carbons (Fsp3) is 0.375. The van der Waals surface area contributed by atoms with E-state index in [0.29, 0.717) is 0 Å². The molecule has 1 aromatic carbocycles. The fourth-order valence-electron chi connectivity index (χ4n) is 2.52. The summed E-state index contributed by atoms with van der Waals surface area (Å²) in [6.07, 6.45) is 0.746. The topological polar surface area (TPSA) is 78.9 Å². The highest BCUT2D eigenvalue weighted by atomic mass is 79.9. The number of rotatable bonds is 6. The maximum Gasteiger partial charge on any atom is 0.337 e. The number of benzene rings is 1. The summed E-state index contributed by atoms with van der Waals surface area (Å²) in [4.78, 5) is 26.0. The van der Waals surface area contributed by atoms with E-state index in [1.54, 1.807) is 0 Å². The molecule has 0 aromatic heterocycles. The highest BCUT2D eigenvalue weighted by Gasteiger charge is 2.34. The number of amides is 1. The first-order valence-electron chi connectivity index (χ1n) is 7.39. The maximum absolute atomic E-state index is 12.6. The molecule has 0 bridgehead atoms. The van der Waals surface area contributed by atoms with Crippen LogP contribution in [0.1, 0.15) is 12.5 Å². The number of aliphatic hydroxyl groups excluding tert-OH is 1. The molecule has 0 fully saturated rings. The third-order valence-corrected chi connectivity index (χ3v) is 4.80. The number of carbonyl (C=O) groups excluding carboxylic acids is 2. The largest absolute Gasteiger partial charge is 0.466 e. The first-order chi connectivity index (χ1) is 11.4. The van der Waals surface area contributed by atoms with Gasteiger partial charge in [0.2, 0.25) is 0 Å². The Labute approximate surface area is 157 Å². The Morgan fingerprint density at radius 3 is 2.71 bits per heavy atom. The molecule has 1 aromatic rings. The first-order valence-corrected chi connectivity index (χ1v) is 8.98. The summed E-state index contributed by atoms with van der Waals surface area (Å²) >= 11 is 6.93. The van der Waals surface area contributed by atoms with Gasteiger partial charge in [-0.05, 0) is 40.0 Å². The van der Waals surface area contributed by atoms with E-state index in [0.717, 1.165) is 26.6 Å². The van der Waals surface area contributed by atoms with Gasteiger partial charge in [-0.3, -0.25) is 4.79 Å². The molecule has 0 saturated carbocycles. The van der Waals surface area contributed by atoms with Crippen LogP contribution in [-0.4, -0.2) is 48.7 Å². The predicted octanol–water partition coefficient (Wildman–Crippen LogP) is 2.45. The van der Waals surface area contributed by atoms with Gasteiger partial charge in [0.25, 0.3) is 5.91 Å². The van der Waals surface area contributed by atoms with Crippen molar-refractivity contribution in [3.8, 4) is 0 Å². The second-order valence-corrected chi connectivity index (χ2v) is 6.97. The van der Waals surface area contributed by atoms with Crippen molar-refractivity contribution in [2.24, 2.45) is 0 Å². The van der Waals surface area contributed by atoms with E-state index in [4.69, 9.17) is 9.84 Å². The molecule has 1 heterocycles. The normalized spacial score (nSPS) is 14.4. The minimum absolute atomic E-state index is 0.115. The number of halogens is 2. The Balaban J connectivity index is 2.44. The summed E-state index contributed by atoms with van der Waals surface area (Å²) in [6, 6.07) is 3.82. The minimum atomic E-state index is -0.558. The van der Waals surface area contributed by atoms with E-state index >= 15 is 0 Å². The second kappa shape index (κ2) is 8.13. The molecule has 2 rings (SSSR count). The van der Waals surface area contributed by atoms with E-state index in [1.165, 1.54) is 12.0 Å². The smallest absolute Gasteiger partial charge is 0.337 e. The quantitative estimate of drug-likeness (QED) is 0.636. The Kier molecular flexibility index (Phi) is 6.42. The van der Waals surface area contributed by atoms with Crippen molar-refractivity contribution in [2.45, 2.75) is 13.3 Å². The van der Waals surface area contributed by atoms with Crippen LogP contribution in [0.15, 0.2) is 32.3 Å². The lowest BCUT2D eigenvalue weighted by molar-refractivity contribution is -0.136. The number of aliphatic hydroxyl groups is 1. The van der Waals surface area contributed by atoms with Gasteiger partial charge in [0.15, 0.2) is 0 Å². The predicted molar refractivity (Wildman–Crippen MR) is 97.6 cm³/mol. The van der Waals surface area contributed by atoms with Crippen molar-refractivity contribution in [3.05, 3.63) is 37.9 Å². The summed E-state index contributed by atoms with van der Waals surface area (Å²) in [6.45, 7) is 2.11. The number of carbonyl (C=O) groups is 2. The van der Waals surface area contributed by atoms with E-state index in [9.17, 15) is 9.59 Å². The van der Waals surface area contributed by atoms with Crippen LogP contribution in [0, 0.1) is 0 Å². The molecule has 0 radical (unpaired) electrons. The molecule has 6 nitrogen and oxygen atoms in total. The molecule has 1 aliphatic heterocycles. The molecular weight excluding hydrogens is 444 g/mol. The fourth-order valence-corrected chi connectivity index (χ4v) is 3.93. The number of anilines is 1. The third-order valence-electron chi connectivity index (χ3n) is 3.72. The summed E-state index contributed by atoms with van der Waals surface area (Å²) < 4.78 is 6.48. The van der Waals surface area contributed by atoms with Gasteiger partial charge in [0.1, 0.15) is 5.70 Å². The van der Waals surface area contributed by atoms with Crippen molar-refractivity contribution in [3.63, 3.8) is 0 Å². The molecule has 0 aliphatic carbocycles. The van der Waals surface area contributed by atoms with Gasteiger partial charge in [-0.2, -0.15) is 0 Å². The third kappa shape index (κ3) is 3.81. The molecule has 0 unspecified atom stereocenters. The van der Waals surface area contributed by atoms with Gasteiger partial charge in [-0.15, -0.1) is 0 Å². The van der Waals surface area contributed by atoms with Gasteiger partial charge in [0.05, 0.1) is 31.5 Å². The second-order valence-electron chi connectivity index (χ2n) is 5.20. The number of methoxy groups -OCH3 is 1. The summed E-state index contributed by atoms with van der Waals surface area (Å²) in [5.41, 5.74) is 2.17. The van der Waals surface area contributed by atoms with Crippen molar-refractivity contribution in [2.75, 3.05) is 32.1 Å². The van der Waals surface area contributed by atoms with Crippen LogP contribution in [0.2, 0.25) is 0 Å². The zero-order valence-corrected chi connectivity index (χ0v) is 16.5. The van der Waals surface area contributed by atoms with Crippen LogP contribution in [0.25, 0.3) is 0 Å². The van der Waals surface area contributed by atoms with Crippen LogP contribution >= 0.6 is 31.9 Å². The molecule has 1 amide bonds. The number of ether oxygens (including phenoxy) is 1. The molecule has 24 heavy (non-hydrogen) atoms. The van der Waals surface area contributed by atoms with Gasteiger partial charge >= 0.3 is 5.97 Å². The van der Waals surface area contributed by atoms with Crippen LogP contribution in [0.4, 0.5) is 5.69 Å². The summed E-state index contributed by atoms with van der Waals surface area (Å²) in [5.74, 6) is -0.890. The zero-order valence-electron chi connectivity index (χ0n) is 13.4. The van der Waals surface area contributed by atoms with E-state index in [-0.39, 0.29) is 36.9 Å². The van der Waals surface area contributed by atoms with Crippen LogP contribution < -0.4 is 5.32 Å². The van der Waals surface area contributed by atoms with Gasteiger partial charge in [-0.1, -0.05) is 22.9 Å². The van der Waals surface area contributed by atoms with Crippen LogP contribution in [0.3, 0.4) is 0 Å². The molecule has 0 spiro atoms. The number of aryl methyl sites for hydroxylation is 1. The molecule has 8 heteroatoms. The Morgan fingerprint density at radius 1 is 1.42 bits per heavy atom. The molecule has 1 aliphatic rings. The van der Waals surface area contributed by atoms with Crippen molar-refractivity contribution in [1.82, 2.24) is 4.90 Å². The van der Waals surface area contributed by atoms with Gasteiger partial charge < -0.3 is 20.1 Å². The average molecular weight is 462 g/mol. The average Bonchev–Trinajstić information content (AvgIpc) is 2.86. The van der Waals surface area contributed by atoms with E-state index in [1.807, 2.05) is 19.1 Å². The lowest BCUT2D eigenvalue weighted by Crippen LogP contribution is -2.31. The number of nitrogens with zero attached hydrogens (tertiary/aromatic N) is 1. The Bertz CT molecular complexity index is 704. The van der Waals surface area contributed by atoms with Crippen molar-refractivity contribution < 1.29 is 19.4 Å². The molecule has 0 atom stereocenters. The SMILES string of the molecule is CCc1cc(Br)cc(Br)c1NC1=C(C(=O)OC)CN(CCO)C1=O. The summed E-state index contributed by atoms with van der Waals surface area (Å²) in [7, 11) is 1.28. The lowest BCUT2D eigenvalue weighted by Gasteiger charge is -2.17. The summed E-state index contributed by atoms with van der Waals surface area (Å²) in [5, 5.41) is 12.2. The lowest BCUT2D eigenvalue weighted by atomic mass is 10.1. The Morgan fingerprint density at radius 2 is 2.12 bits per heavy atom. The zero-order chi connectivity index (χ0) is 17.9. The van der Waals surface area contributed by atoms with E-state index < -0.39 is 5.97 Å². The van der Waals surface area contributed by atoms with Gasteiger partial charge in [0, 0.05) is 15.5 Å². The van der Waals surface area contributed by atoms with Crippen LogP contribution in [-0.2, 0) is 20.7 Å². The number of β-amino-alcohol motifs (C(OH)–C–C–N with tert-alkyl or cyclic N) is 1. The molecule has 130 valence electrons. The Hall–Kier alpha value is -1.38. The van der Waals surface area contributed by atoms with E-state index in [2.05, 4.69) is 37.2 Å². The van der Waals surface area contributed by atoms with Crippen LogP contribution in [0.5, 0.6) is 0 Å². The highest BCUT2D eigenvalue weighted by Crippen LogP contribution is 2.34. The highest BCUT2D eigenvalue weighted by molar-refractivity contribution is 9.11. The monoisotopic (exact) mass is 460 g/mol. The van der Waals surface area contributed by atoms with Crippen molar-refractivity contribution >= 4 is 49.4 Å². The number of hydrogen-bond donors (Lipinski definition) is 2.